The predicted octanol–water partition coefficient (Wildman–Crippen LogP) is 4.53. The lowest BCUT2D eigenvalue weighted by molar-refractivity contribution is 1.10. The molecule has 0 atom stereocenters. The van der Waals surface area contributed by atoms with Gasteiger partial charge in [-0.1, -0.05) is 35.9 Å². The molecule has 2 aromatic carbocycles. The molecular formula is C17H21N. The van der Waals surface area contributed by atoms with E-state index in [0.29, 0.717) is 0 Å². The lowest BCUT2D eigenvalue weighted by Crippen LogP contribution is -2.03. The fourth-order valence-electron chi connectivity index (χ4n) is 2.18. The molecule has 2 rings (SSSR count). The standard InChI is InChI=1S/C17H21N/c1-12-8-9-16(14(3)10-12)11-18-17-7-5-6-13(2)15(17)4/h5-10,18H,11H2,1-4H3. The van der Waals surface area contributed by atoms with E-state index in [1.54, 1.807) is 0 Å². The molecule has 0 unspecified atom stereocenters. The molecule has 0 amide bonds. The molecule has 0 saturated carbocycles. The van der Waals surface area contributed by atoms with Crippen LogP contribution in [0, 0.1) is 27.7 Å². The number of hydrogen-bond donors (Lipinski definition) is 1. The molecule has 0 radical (unpaired) electrons. The van der Waals surface area contributed by atoms with Crippen molar-refractivity contribution in [2.24, 2.45) is 0 Å². The van der Waals surface area contributed by atoms with Gasteiger partial charge < -0.3 is 5.32 Å². The molecule has 0 spiro atoms. The Morgan fingerprint density at radius 2 is 1.67 bits per heavy atom. The highest BCUT2D eigenvalue weighted by molar-refractivity contribution is 5.54. The van der Waals surface area contributed by atoms with E-state index < -0.39 is 0 Å². The van der Waals surface area contributed by atoms with Crippen molar-refractivity contribution in [1.82, 2.24) is 0 Å². The summed E-state index contributed by atoms with van der Waals surface area (Å²) in [6.45, 7) is 9.51. The molecule has 0 bridgehead atoms. The summed E-state index contributed by atoms with van der Waals surface area (Å²) in [4.78, 5) is 0. The SMILES string of the molecule is Cc1ccc(CNc2cccc(C)c2C)c(C)c1. The molecule has 1 heteroatoms. The molecule has 18 heavy (non-hydrogen) atoms. The Hall–Kier alpha value is -1.76. The second kappa shape index (κ2) is 5.26. The molecule has 0 heterocycles. The summed E-state index contributed by atoms with van der Waals surface area (Å²) < 4.78 is 0. The maximum absolute atomic E-state index is 3.53. The van der Waals surface area contributed by atoms with Crippen LogP contribution in [-0.2, 0) is 6.54 Å². The normalized spacial score (nSPS) is 10.4. The first-order chi connectivity index (χ1) is 8.58. The third kappa shape index (κ3) is 2.73. The minimum atomic E-state index is 0.885. The molecule has 0 aliphatic heterocycles. The van der Waals surface area contributed by atoms with Crippen molar-refractivity contribution in [3.8, 4) is 0 Å². The topological polar surface area (TPSA) is 12.0 Å². The van der Waals surface area contributed by atoms with Gasteiger partial charge in [0.05, 0.1) is 0 Å². The lowest BCUT2D eigenvalue weighted by Gasteiger charge is -2.13. The first-order valence-corrected chi connectivity index (χ1v) is 6.44. The van der Waals surface area contributed by atoms with Gasteiger partial charge in [0.2, 0.25) is 0 Å². The molecular weight excluding hydrogens is 218 g/mol. The lowest BCUT2D eigenvalue weighted by atomic mass is 10.0. The van der Waals surface area contributed by atoms with Crippen molar-refractivity contribution in [3.05, 3.63) is 64.2 Å². The van der Waals surface area contributed by atoms with E-state index in [-0.39, 0.29) is 0 Å². The van der Waals surface area contributed by atoms with Crippen LogP contribution in [0.4, 0.5) is 5.69 Å². The fourth-order valence-corrected chi connectivity index (χ4v) is 2.18. The number of benzene rings is 2. The van der Waals surface area contributed by atoms with E-state index in [2.05, 4.69) is 69.4 Å². The van der Waals surface area contributed by atoms with Gasteiger partial charge in [0, 0.05) is 12.2 Å². The maximum Gasteiger partial charge on any atom is 0.0403 e. The molecule has 1 nitrogen and oxygen atoms in total. The Labute approximate surface area is 110 Å². The number of hydrogen-bond acceptors (Lipinski definition) is 1. The van der Waals surface area contributed by atoms with Crippen LogP contribution in [0.15, 0.2) is 36.4 Å². The Kier molecular flexibility index (Phi) is 3.71. The molecule has 0 aliphatic rings. The smallest absolute Gasteiger partial charge is 0.0403 e. The van der Waals surface area contributed by atoms with Crippen molar-refractivity contribution in [2.45, 2.75) is 34.2 Å². The van der Waals surface area contributed by atoms with E-state index in [4.69, 9.17) is 0 Å². The highest BCUT2D eigenvalue weighted by Gasteiger charge is 2.02. The first kappa shape index (κ1) is 12.7. The van der Waals surface area contributed by atoms with E-state index in [0.717, 1.165) is 6.54 Å². The van der Waals surface area contributed by atoms with Crippen LogP contribution < -0.4 is 5.32 Å². The second-order valence-corrected chi connectivity index (χ2v) is 5.03. The van der Waals surface area contributed by atoms with Gasteiger partial charge in [0.15, 0.2) is 0 Å². The summed E-state index contributed by atoms with van der Waals surface area (Å²) in [7, 11) is 0. The molecule has 2 aromatic rings. The second-order valence-electron chi connectivity index (χ2n) is 5.03. The van der Waals surface area contributed by atoms with Gasteiger partial charge in [0.1, 0.15) is 0 Å². The van der Waals surface area contributed by atoms with Crippen molar-refractivity contribution in [1.29, 1.82) is 0 Å². The quantitative estimate of drug-likeness (QED) is 0.829. The van der Waals surface area contributed by atoms with Crippen LogP contribution in [0.3, 0.4) is 0 Å². The summed E-state index contributed by atoms with van der Waals surface area (Å²) in [5, 5.41) is 3.53. The Morgan fingerprint density at radius 3 is 2.39 bits per heavy atom. The summed E-state index contributed by atoms with van der Waals surface area (Å²) in [5.74, 6) is 0. The molecule has 0 fully saturated rings. The summed E-state index contributed by atoms with van der Waals surface area (Å²) >= 11 is 0. The first-order valence-electron chi connectivity index (χ1n) is 6.44. The molecule has 94 valence electrons. The molecule has 0 saturated heterocycles. The third-order valence-corrected chi connectivity index (χ3v) is 3.57. The summed E-state index contributed by atoms with van der Waals surface area (Å²) in [6.07, 6.45) is 0. The van der Waals surface area contributed by atoms with Crippen LogP contribution in [0.1, 0.15) is 27.8 Å². The number of nitrogens with one attached hydrogen (secondary N) is 1. The number of aryl methyl sites for hydroxylation is 3. The van der Waals surface area contributed by atoms with Crippen LogP contribution in [0.2, 0.25) is 0 Å². The van der Waals surface area contributed by atoms with Crippen molar-refractivity contribution in [2.75, 3.05) is 5.32 Å². The van der Waals surface area contributed by atoms with Crippen LogP contribution in [0.5, 0.6) is 0 Å². The predicted molar refractivity (Wildman–Crippen MR) is 79.2 cm³/mol. The zero-order chi connectivity index (χ0) is 13.1. The van der Waals surface area contributed by atoms with Crippen LogP contribution in [0.25, 0.3) is 0 Å². The van der Waals surface area contributed by atoms with Crippen molar-refractivity contribution in [3.63, 3.8) is 0 Å². The van der Waals surface area contributed by atoms with E-state index >= 15 is 0 Å². The van der Waals surface area contributed by atoms with Gasteiger partial charge in [-0.2, -0.15) is 0 Å². The maximum atomic E-state index is 3.53. The van der Waals surface area contributed by atoms with Gasteiger partial charge in [-0.3, -0.25) is 0 Å². The van der Waals surface area contributed by atoms with Crippen molar-refractivity contribution < 1.29 is 0 Å². The van der Waals surface area contributed by atoms with E-state index in [1.807, 2.05) is 0 Å². The Balaban J connectivity index is 2.14. The average Bonchev–Trinajstić information content (AvgIpc) is 2.33. The minimum absolute atomic E-state index is 0.885. The summed E-state index contributed by atoms with van der Waals surface area (Å²) in [5.41, 5.74) is 7.94. The summed E-state index contributed by atoms with van der Waals surface area (Å²) in [6, 6.07) is 13.0. The Bertz CT molecular complexity index is 556. The minimum Gasteiger partial charge on any atom is -0.381 e. The van der Waals surface area contributed by atoms with Gasteiger partial charge in [-0.15, -0.1) is 0 Å². The van der Waals surface area contributed by atoms with Gasteiger partial charge in [-0.05, 0) is 56.0 Å². The molecule has 0 aliphatic carbocycles. The third-order valence-electron chi connectivity index (χ3n) is 3.57. The zero-order valence-corrected chi connectivity index (χ0v) is 11.7. The number of rotatable bonds is 3. The van der Waals surface area contributed by atoms with Gasteiger partial charge >= 0.3 is 0 Å². The highest BCUT2D eigenvalue weighted by Crippen LogP contribution is 2.19. The zero-order valence-electron chi connectivity index (χ0n) is 11.7. The molecule has 0 aromatic heterocycles. The van der Waals surface area contributed by atoms with E-state index in [9.17, 15) is 0 Å². The van der Waals surface area contributed by atoms with Gasteiger partial charge in [-0.25, -0.2) is 0 Å². The van der Waals surface area contributed by atoms with Crippen LogP contribution in [-0.4, -0.2) is 0 Å². The fraction of sp³-hybridized carbons (Fsp3) is 0.294. The monoisotopic (exact) mass is 239 g/mol. The highest BCUT2D eigenvalue weighted by atomic mass is 14.9. The van der Waals surface area contributed by atoms with Gasteiger partial charge in [0.25, 0.3) is 0 Å². The van der Waals surface area contributed by atoms with Crippen LogP contribution >= 0.6 is 0 Å². The van der Waals surface area contributed by atoms with E-state index in [1.165, 1.54) is 33.5 Å². The largest absolute Gasteiger partial charge is 0.381 e. The number of anilines is 1. The Morgan fingerprint density at radius 1 is 0.889 bits per heavy atom. The average molecular weight is 239 g/mol. The van der Waals surface area contributed by atoms with Crippen molar-refractivity contribution >= 4 is 5.69 Å². The molecule has 1 N–H and O–H groups in total.